The monoisotopic (exact) mass is 301 g/mol. The van der Waals surface area contributed by atoms with E-state index >= 15 is 0 Å². The Labute approximate surface area is 127 Å². The van der Waals surface area contributed by atoms with Crippen LogP contribution >= 0.6 is 0 Å². The van der Waals surface area contributed by atoms with E-state index in [0.29, 0.717) is 5.56 Å². The van der Waals surface area contributed by atoms with Crippen molar-refractivity contribution in [2.45, 2.75) is 43.8 Å². The van der Waals surface area contributed by atoms with Gasteiger partial charge in [-0.3, -0.25) is 9.78 Å². The molecule has 7 heteroatoms. The average Bonchev–Trinajstić information content (AvgIpc) is 3.13. The van der Waals surface area contributed by atoms with Crippen LogP contribution in [0.15, 0.2) is 31.1 Å². The summed E-state index contributed by atoms with van der Waals surface area (Å²) in [5.41, 5.74) is 0.330. The predicted octanol–water partition coefficient (Wildman–Crippen LogP) is 1.82. The minimum atomic E-state index is -0.476. The molecule has 2 aliphatic heterocycles. The first-order chi connectivity index (χ1) is 10.7. The van der Waals surface area contributed by atoms with Crippen LogP contribution in [0.5, 0.6) is 0 Å². The fourth-order valence-corrected chi connectivity index (χ4v) is 3.78. The number of aromatic nitrogens is 4. The summed E-state index contributed by atoms with van der Waals surface area (Å²) in [5, 5.41) is 4.22. The summed E-state index contributed by atoms with van der Waals surface area (Å²) in [5.74, 6) is -0.591. The third-order valence-corrected chi connectivity index (χ3v) is 4.71. The van der Waals surface area contributed by atoms with Crippen molar-refractivity contribution in [1.29, 1.82) is 0 Å². The van der Waals surface area contributed by atoms with Crippen LogP contribution in [0.1, 0.15) is 42.1 Å². The minimum absolute atomic E-state index is 0.114. The molecule has 2 atom stereocenters. The third kappa shape index (κ3) is 2.17. The molecule has 2 aliphatic rings. The Hall–Kier alpha value is -2.31. The van der Waals surface area contributed by atoms with Gasteiger partial charge in [-0.15, -0.1) is 0 Å². The molecule has 2 aromatic rings. The first kappa shape index (κ1) is 13.4. The molecule has 1 amide bonds. The number of piperidine rings is 1. The van der Waals surface area contributed by atoms with Gasteiger partial charge in [0, 0.05) is 18.3 Å². The van der Waals surface area contributed by atoms with Gasteiger partial charge in [0.25, 0.3) is 5.91 Å². The van der Waals surface area contributed by atoms with E-state index < -0.39 is 5.82 Å². The van der Waals surface area contributed by atoms with Crippen molar-refractivity contribution in [1.82, 2.24) is 24.6 Å². The third-order valence-electron chi connectivity index (χ3n) is 4.71. The summed E-state index contributed by atoms with van der Waals surface area (Å²) < 4.78 is 15.2. The standard InChI is InChI=1S/C15H16FN5O/c16-11-3-10(6-17-7-11)15(22)21-12-1-2-13(21)5-14(4-12)20-9-18-8-19-20/h3,6-9,12-14H,1-2,4-5H2. The Balaban J connectivity index is 1.56. The molecule has 6 nitrogen and oxygen atoms in total. The normalized spacial score (nSPS) is 27.1. The first-order valence-corrected chi connectivity index (χ1v) is 7.49. The smallest absolute Gasteiger partial charge is 0.256 e. The number of nitrogens with zero attached hydrogens (tertiary/aromatic N) is 5. The SMILES string of the molecule is O=C(c1cncc(F)c1)N1C2CCC1CC(n1cncn1)C2. The van der Waals surface area contributed by atoms with Gasteiger partial charge in [-0.1, -0.05) is 0 Å². The second-order valence-corrected chi connectivity index (χ2v) is 5.99. The maximum atomic E-state index is 13.3. The van der Waals surface area contributed by atoms with Crippen LogP contribution in [0.2, 0.25) is 0 Å². The molecule has 0 spiro atoms. The molecule has 22 heavy (non-hydrogen) atoms. The number of fused-ring (bicyclic) bond motifs is 2. The zero-order chi connectivity index (χ0) is 15.1. The summed E-state index contributed by atoms with van der Waals surface area (Å²) >= 11 is 0. The van der Waals surface area contributed by atoms with Crippen LogP contribution in [0.25, 0.3) is 0 Å². The van der Waals surface area contributed by atoms with Crippen LogP contribution in [-0.2, 0) is 0 Å². The van der Waals surface area contributed by atoms with Gasteiger partial charge >= 0.3 is 0 Å². The number of rotatable bonds is 2. The molecular weight excluding hydrogens is 285 g/mol. The number of hydrogen-bond acceptors (Lipinski definition) is 4. The Morgan fingerprint density at radius 1 is 1.14 bits per heavy atom. The van der Waals surface area contributed by atoms with Crippen LogP contribution in [0.4, 0.5) is 4.39 Å². The zero-order valence-electron chi connectivity index (χ0n) is 12.0. The summed E-state index contributed by atoms with van der Waals surface area (Å²) in [6.45, 7) is 0. The van der Waals surface area contributed by atoms with Crippen molar-refractivity contribution >= 4 is 5.91 Å². The van der Waals surface area contributed by atoms with Crippen LogP contribution in [0.3, 0.4) is 0 Å². The average molecular weight is 301 g/mol. The molecule has 0 aliphatic carbocycles. The van der Waals surface area contributed by atoms with Gasteiger partial charge in [-0.05, 0) is 31.7 Å². The van der Waals surface area contributed by atoms with Crippen molar-refractivity contribution < 1.29 is 9.18 Å². The molecule has 0 saturated carbocycles. The molecule has 0 N–H and O–H groups in total. The van der Waals surface area contributed by atoms with E-state index in [9.17, 15) is 9.18 Å². The van der Waals surface area contributed by atoms with E-state index in [0.717, 1.165) is 31.9 Å². The van der Waals surface area contributed by atoms with Gasteiger partial charge in [-0.25, -0.2) is 14.1 Å². The van der Waals surface area contributed by atoms with Gasteiger partial charge in [0.1, 0.15) is 18.5 Å². The Morgan fingerprint density at radius 2 is 1.91 bits per heavy atom. The zero-order valence-corrected chi connectivity index (χ0v) is 12.0. The first-order valence-electron chi connectivity index (χ1n) is 7.49. The lowest BCUT2D eigenvalue weighted by molar-refractivity contribution is 0.0523. The van der Waals surface area contributed by atoms with Crippen molar-refractivity contribution in [3.8, 4) is 0 Å². The summed E-state index contributed by atoms with van der Waals surface area (Å²) in [6, 6.07) is 1.92. The highest BCUT2D eigenvalue weighted by Gasteiger charge is 2.44. The number of halogens is 1. The van der Waals surface area contributed by atoms with E-state index in [4.69, 9.17) is 0 Å². The quantitative estimate of drug-likeness (QED) is 0.849. The highest BCUT2D eigenvalue weighted by molar-refractivity contribution is 5.94. The van der Waals surface area contributed by atoms with E-state index in [1.54, 1.807) is 6.33 Å². The molecular formula is C15H16FN5O. The number of hydrogen-bond donors (Lipinski definition) is 0. The van der Waals surface area contributed by atoms with Gasteiger partial charge in [0.15, 0.2) is 0 Å². The maximum absolute atomic E-state index is 13.3. The fraction of sp³-hybridized carbons (Fsp3) is 0.467. The number of carbonyl (C=O) groups excluding carboxylic acids is 1. The van der Waals surface area contributed by atoms with Crippen molar-refractivity contribution in [2.24, 2.45) is 0 Å². The highest BCUT2D eigenvalue weighted by atomic mass is 19.1. The molecule has 2 unspecified atom stereocenters. The Morgan fingerprint density at radius 3 is 2.55 bits per heavy atom. The minimum Gasteiger partial charge on any atom is -0.332 e. The summed E-state index contributed by atoms with van der Waals surface area (Å²) in [7, 11) is 0. The van der Waals surface area contributed by atoms with Gasteiger partial charge in [-0.2, -0.15) is 5.10 Å². The highest BCUT2D eigenvalue weighted by Crippen LogP contribution is 2.41. The summed E-state index contributed by atoms with van der Waals surface area (Å²) in [6.07, 6.45) is 9.55. The Bertz CT molecular complexity index is 675. The van der Waals surface area contributed by atoms with E-state index in [1.165, 1.54) is 18.6 Å². The van der Waals surface area contributed by atoms with Crippen LogP contribution < -0.4 is 0 Å². The van der Waals surface area contributed by atoms with Gasteiger partial charge < -0.3 is 4.90 Å². The number of pyridine rings is 1. The molecule has 2 bridgehead atoms. The van der Waals surface area contributed by atoms with Gasteiger partial charge in [0.05, 0.1) is 17.8 Å². The molecule has 4 rings (SSSR count). The largest absolute Gasteiger partial charge is 0.332 e. The van der Waals surface area contributed by atoms with Gasteiger partial charge in [0.2, 0.25) is 0 Å². The Kier molecular flexibility index (Phi) is 3.13. The van der Waals surface area contributed by atoms with Crippen LogP contribution in [0, 0.1) is 5.82 Å². The number of amides is 1. The lowest BCUT2D eigenvalue weighted by atomic mass is 9.96. The fourth-order valence-electron chi connectivity index (χ4n) is 3.78. The second-order valence-electron chi connectivity index (χ2n) is 5.99. The van der Waals surface area contributed by atoms with Crippen LogP contribution in [-0.4, -0.2) is 42.6 Å². The number of carbonyl (C=O) groups is 1. The lowest BCUT2D eigenvalue weighted by Gasteiger charge is -2.38. The molecule has 2 saturated heterocycles. The molecule has 0 aromatic carbocycles. The topological polar surface area (TPSA) is 63.9 Å². The van der Waals surface area contributed by atoms with E-state index in [-0.39, 0.29) is 24.0 Å². The maximum Gasteiger partial charge on any atom is 0.256 e. The molecule has 0 radical (unpaired) electrons. The van der Waals surface area contributed by atoms with E-state index in [1.807, 2.05) is 9.58 Å². The van der Waals surface area contributed by atoms with E-state index in [2.05, 4.69) is 15.1 Å². The van der Waals surface area contributed by atoms with Crippen molar-refractivity contribution in [3.63, 3.8) is 0 Å². The molecule has 4 heterocycles. The second kappa shape index (κ2) is 5.15. The molecule has 2 aromatic heterocycles. The van der Waals surface area contributed by atoms with Crippen molar-refractivity contribution in [3.05, 3.63) is 42.5 Å². The lowest BCUT2D eigenvalue weighted by Crippen LogP contribution is -2.47. The molecule has 2 fully saturated rings. The predicted molar refractivity (Wildman–Crippen MR) is 75.5 cm³/mol. The van der Waals surface area contributed by atoms with Crippen molar-refractivity contribution in [2.75, 3.05) is 0 Å². The molecule has 114 valence electrons. The summed E-state index contributed by atoms with van der Waals surface area (Å²) in [4.78, 5) is 22.4.